The highest BCUT2D eigenvalue weighted by Gasteiger charge is 2.48. The van der Waals surface area contributed by atoms with E-state index in [2.05, 4.69) is 23.1 Å². The van der Waals surface area contributed by atoms with Gasteiger partial charge in [0.15, 0.2) is 0 Å². The van der Waals surface area contributed by atoms with Gasteiger partial charge in [-0.05, 0) is 65.7 Å². The number of ether oxygens (including phenoxy) is 1. The van der Waals surface area contributed by atoms with E-state index in [9.17, 15) is 19.2 Å². The summed E-state index contributed by atoms with van der Waals surface area (Å²) in [6.45, 7) is 8.42. The number of hydrazine groups is 1. The van der Waals surface area contributed by atoms with Crippen LogP contribution in [-0.4, -0.2) is 70.8 Å². The molecule has 2 aliphatic heterocycles. The van der Waals surface area contributed by atoms with Gasteiger partial charge in [0.05, 0.1) is 12.6 Å². The first-order valence-corrected chi connectivity index (χ1v) is 12.4. The minimum atomic E-state index is -0.627. The highest BCUT2D eigenvalue weighted by molar-refractivity contribution is 5.90. The summed E-state index contributed by atoms with van der Waals surface area (Å²) in [5.74, 6) is -0.894. The highest BCUT2D eigenvalue weighted by atomic mass is 16.7. The number of amides is 5. The number of carbonyl (C=O) groups is 4. The van der Waals surface area contributed by atoms with Crippen molar-refractivity contribution in [1.82, 2.24) is 26.1 Å². The van der Waals surface area contributed by atoms with Crippen LogP contribution in [0, 0.1) is 5.92 Å². The average molecular weight is 482 g/mol. The SMILES string of the molecule is CCCCON1C(=O)N2C[C@@H]1CC[C@H]2C(=O)NNC(=O)C1CCC(NC(=O)OC(C)(C)C)CC1. The second-order valence-corrected chi connectivity index (χ2v) is 10.4. The van der Waals surface area contributed by atoms with E-state index in [0.29, 0.717) is 51.7 Å². The van der Waals surface area contributed by atoms with Crippen molar-refractivity contribution in [1.29, 1.82) is 0 Å². The van der Waals surface area contributed by atoms with Crippen molar-refractivity contribution in [3.05, 3.63) is 0 Å². The number of alkyl carbamates (subject to hydrolysis) is 1. The van der Waals surface area contributed by atoms with Crippen LogP contribution in [0.1, 0.15) is 79.1 Å². The third kappa shape index (κ3) is 6.74. The molecule has 11 heteroatoms. The first-order chi connectivity index (χ1) is 16.1. The molecule has 34 heavy (non-hydrogen) atoms. The molecule has 2 atom stereocenters. The lowest BCUT2D eigenvalue weighted by Crippen LogP contribution is -2.55. The van der Waals surface area contributed by atoms with Gasteiger partial charge in [-0.25, -0.2) is 9.59 Å². The minimum Gasteiger partial charge on any atom is -0.444 e. The van der Waals surface area contributed by atoms with Gasteiger partial charge >= 0.3 is 12.1 Å². The van der Waals surface area contributed by atoms with E-state index in [1.165, 1.54) is 9.96 Å². The van der Waals surface area contributed by atoms with E-state index < -0.39 is 23.6 Å². The van der Waals surface area contributed by atoms with E-state index >= 15 is 0 Å². The number of hydroxylamine groups is 2. The van der Waals surface area contributed by atoms with Crippen molar-refractivity contribution < 1.29 is 28.8 Å². The van der Waals surface area contributed by atoms with Crippen molar-refractivity contribution in [2.45, 2.75) is 103 Å². The zero-order chi connectivity index (χ0) is 24.9. The number of urea groups is 1. The van der Waals surface area contributed by atoms with E-state index in [1.807, 2.05) is 20.8 Å². The average Bonchev–Trinajstić information content (AvgIpc) is 3.01. The number of unbranched alkanes of at least 4 members (excludes halogenated alkanes) is 1. The van der Waals surface area contributed by atoms with Gasteiger partial charge in [0.1, 0.15) is 11.6 Å². The van der Waals surface area contributed by atoms with Gasteiger partial charge < -0.3 is 15.0 Å². The van der Waals surface area contributed by atoms with Crippen LogP contribution in [-0.2, 0) is 19.2 Å². The Balaban J connectivity index is 1.40. The van der Waals surface area contributed by atoms with Gasteiger partial charge in [-0.3, -0.25) is 25.3 Å². The summed E-state index contributed by atoms with van der Waals surface area (Å²) >= 11 is 0. The Labute approximate surface area is 201 Å². The predicted octanol–water partition coefficient (Wildman–Crippen LogP) is 2.22. The molecule has 2 saturated heterocycles. The monoisotopic (exact) mass is 481 g/mol. The molecule has 192 valence electrons. The molecule has 0 spiro atoms. The van der Waals surface area contributed by atoms with Crippen LogP contribution < -0.4 is 16.2 Å². The molecule has 0 aromatic heterocycles. The van der Waals surface area contributed by atoms with Crippen LogP contribution >= 0.6 is 0 Å². The Bertz CT molecular complexity index is 761. The van der Waals surface area contributed by atoms with E-state index in [-0.39, 0.29) is 29.9 Å². The summed E-state index contributed by atoms with van der Waals surface area (Å²) in [7, 11) is 0. The maximum Gasteiger partial charge on any atom is 0.407 e. The molecule has 2 bridgehead atoms. The first-order valence-electron chi connectivity index (χ1n) is 12.4. The zero-order valence-corrected chi connectivity index (χ0v) is 20.7. The summed E-state index contributed by atoms with van der Waals surface area (Å²) in [5, 5.41) is 4.26. The Hall–Kier alpha value is -2.56. The largest absolute Gasteiger partial charge is 0.444 e. The van der Waals surface area contributed by atoms with Crippen LogP contribution in [0.25, 0.3) is 0 Å². The lowest BCUT2D eigenvalue weighted by atomic mass is 9.85. The standard InChI is InChI=1S/C23H39N5O6/c1-5-6-13-33-28-17-11-12-18(27(14-17)22(28)32)20(30)26-25-19(29)15-7-9-16(10-8-15)24-21(31)34-23(2,3)4/h15-18H,5-14H2,1-4H3,(H,24,31)(H,25,29)(H,26,30)/t15?,16?,17-,18-/m0/s1. The Morgan fingerprint density at radius 1 is 1.00 bits per heavy atom. The lowest BCUT2D eigenvalue weighted by Gasteiger charge is -2.31. The van der Waals surface area contributed by atoms with Gasteiger partial charge in [0.25, 0.3) is 5.91 Å². The molecule has 3 N–H and O–H groups in total. The van der Waals surface area contributed by atoms with Crippen molar-refractivity contribution in [2.75, 3.05) is 13.2 Å². The summed E-state index contributed by atoms with van der Waals surface area (Å²) in [6.07, 6.45) is 5.10. The smallest absolute Gasteiger partial charge is 0.407 e. The highest BCUT2D eigenvalue weighted by Crippen LogP contribution is 2.30. The second kappa shape index (κ2) is 11.2. The van der Waals surface area contributed by atoms with Crippen LogP contribution in [0.2, 0.25) is 0 Å². The summed E-state index contributed by atoms with van der Waals surface area (Å²) in [5.41, 5.74) is 4.48. The molecule has 0 aromatic rings. The molecular formula is C23H39N5O6. The molecule has 0 radical (unpaired) electrons. The van der Waals surface area contributed by atoms with Gasteiger partial charge in [0.2, 0.25) is 5.91 Å². The lowest BCUT2D eigenvalue weighted by molar-refractivity contribution is -0.134. The van der Waals surface area contributed by atoms with E-state index in [4.69, 9.17) is 9.57 Å². The fraction of sp³-hybridized carbons (Fsp3) is 0.826. The topological polar surface area (TPSA) is 129 Å². The number of nitrogens with one attached hydrogen (secondary N) is 3. The van der Waals surface area contributed by atoms with Crippen LogP contribution in [0.5, 0.6) is 0 Å². The molecule has 0 aromatic carbocycles. The fourth-order valence-corrected chi connectivity index (χ4v) is 4.66. The van der Waals surface area contributed by atoms with Crippen LogP contribution in [0.4, 0.5) is 9.59 Å². The number of hydrogen-bond donors (Lipinski definition) is 3. The van der Waals surface area contributed by atoms with E-state index in [0.717, 1.165) is 12.8 Å². The van der Waals surface area contributed by atoms with Crippen molar-refractivity contribution in [3.8, 4) is 0 Å². The molecule has 0 unspecified atom stereocenters. The normalized spacial score (nSPS) is 26.8. The summed E-state index contributed by atoms with van der Waals surface area (Å²) in [4.78, 5) is 57.1. The Morgan fingerprint density at radius 3 is 2.32 bits per heavy atom. The third-order valence-corrected chi connectivity index (χ3v) is 6.48. The minimum absolute atomic E-state index is 0.0347. The molecule has 2 heterocycles. The second-order valence-electron chi connectivity index (χ2n) is 10.4. The van der Waals surface area contributed by atoms with Crippen molar-refractivity contribution in [2.24, 2.45) is 5.92 Å². The number of hydrogen-bond acceptors (Lipinski definition) is 6. The Morgan fingerprint density at radius 2 is 1.68 bits per heavy atom. The van der Waals surface area contributed by atoms with Gasteiger partial charge in [-0.1, -0.05) is 13.3 Å². The van der Waals surface area contributed by atoms with Crippen molar-refractivity contribution >= 4 is 23.9 Å². The molecule has 5 amide bonds. The van der Waals surface area contributed by atoms with Gasteiger partial charge in [0, 0.05) is 18.5 Å². The Kier molecular flexibility index (Phi) is 8.62. The van der Waals surface area contributed by atoms with Crippen LogP contribution in [0.15, 0.2) is 0 Å². The summed E-state index contributed by atoms with van der Waals surface area (Å²) < 4.78 is 5.28. The molecule has 3 aliphatic rings. The number of fused-ring (bicyclic) bond motifs is 2. The number of piperidine rings is 1. The maximum atomic E-state index is 12.7. The molecule has 1 aliphatic carbocycles. The number of nitrogens with zero attached hydrogens (tertiary/aromatic N) is 2. The predicted molar refractivity (Wildman–Crippen MR) is 123 cm³/mol. The molecular weight excluding hydrogens is 442 g/mol. The van der Waals surface area contributed by atoms with E-state index in [1.54, 1.807) is 0 Å². The van der Waals surface area contributed by atoms with Gasteiger partial charge in [-0.15, -0.1) is 0 Å². The summed E-state index contributed by atoms with van der Waals surface area (Å²) in [6, 6.07) is -0.988. The number of rotatable bonds is 7. The third-order valence-electron chi connectivity index (χ3n) is 6.48. The molecule has 11 nitrogen and oxygen atoms in total. The molecule has 1 saturated carbocycles. The fourth-order valence-electron chi connectivity index (χ4n) is 4.66. The van der Waals surface area contributed by atoms with Crippen molar-refractivity contribution in [3.63, 3.8) is 0 Å². The maximum absolute atomic E-state index is 12.7. The first kappa shape index (κ1) is 26.1. The molecule has 3 fully saturated rings. The quantitative estimate of drug-likeness (QED) is 0.378. The molecule has 3 rings (SSSR count). The zero-order valence-electron chi connectivity index (χ0n) is 20.7. The number of carbonyl (C=O) groups excluding carboxylic acids is 4. The van der Waals surface area contributed by atoms with Crippen LogP contribution in [0.3, 0.4) is 0 Å². The van der Waals surface area contributed by atoms with Gasteiger partial charge in [-0.2, -0.15) is 5.06 Å².